The highest BCUT2D eigenvalue weighted by molar-refractivity contribution is 9.11. The normalized spacial score (nSPS) is 11.3. The molecule has 0 bridgehead atoms. The van der Waals surface area contributed by atoms with E-state index in [2.05, 4.69) is 75.5 Å². The Balaban J connectivity index is 1.72. The van der Waals surface area contributed by atoms with E-state index in [4.69, 9.17) is 0 Å². The maximum atomic E-state index is 3.51. The van der Waals surface area contributed by atoms with Crippen LogP contribution in [0, 0.1) is 0 Å². The summed E-state index contributed by atoms with van der Waals surface area (Å²) in [5, 5.41) is 4.85. The lowest BCUT2D eigenvalue weighted by atomic mass is 10.2. The fourth-order valence-electron chi connectivity index (χ4n) is 2.33. The Morgan fingerprint density at radius 2 is 2.00 bits per heavy atom. The van der Waals surface area contributed by atoms with Gasteiger partial charge in [-0.3, -0.25) is 0 Å². The van der Waals surface area contributed by atoms with Crippen molar-refractivity contribution in [1.82, 2.24) is 9.88 Å². The molecular formula is C15H15BrN2S. The van der Waals surface area contributed by atoms with Crippen LogP contribution in [0.2, 0.25) is 0 Å². The molecule has 0 radical (unpaired) electrons. The van der Waals surface area contributed by atoms with Gasteiger partial charge in [0.1, 0.15) is 0 Å². The molecule has 0 aliphatic rings. The molecule has 0 spiro atoms. The van der Waals surface area contributed by atoms with E-state index in [-0.39, 0.29) is 0 Å². The third kappa shape index (κ3) is 2.76. The molecule has 0 aliphatic heterocycles. The molecule has 3 aromatic rings. The Morgan fingerprint density at radius 1 is 1.16 bits per heavy atom. The first kappa shape index (κ1) is 12.9. The highest BCUT2D eigenvalue weighted by Crippen LogP contribution is 2.23. The highest BCUT2D eigenvalue weighted by atomic mass is 79.9. The van der Waals surface area contributed by atoms with E-state index in [1.807, 2.05) is 0 Å². The zero-order chi connectivity index (χ0) is 13.2. The quantitative estimate of drug-likeness (QED) is 0.753. The number of nitrogens with zero attached hydrogens (tertiary/aromatic N) is 1. The third-order valence-electron chi connectivity index (χ3n) is 3.22. The van der Waals surface area contributed by atoms with Crippen LogP contribution in [0.1, 0.15) is 10.4 Å². The Kier molecular flexibility index (Phi) is 3.73. The number of benzene rings is 1. The maximum absolute atomic E-state index is 3.51. The summed E-state index contributed by atoms with van der Waals surface area (Å²) in [6, 6.07) is 12.8. The van der Waals surface area contributed by atoms with Crippen molar-refractivity contribution in [2.45, 2.75) is 13.1 Å². The van der Waals surface area contributed by atoms with E-state index in [9.17, 15) is 0 Å². The van der Waals surface area contributed by atoms with E-state index in [0.717, 1.165) is 13.1 Å². The second-order valence-electron chi connectivity index (χ2n) is 4.59. The zero-order valence-electron chi connectivity index (χ0n) is 10.7. The largest absolute Gasteiger partial charge is 0.350 e. The topological polar surface area (TPSA) is 17.0 Å². The van der Waals surface area contributed by atoms with Gasteiger partial charge in [-0.25, -0.2) is 0 Å². The van der Waals surface area contributed by atoms with Crippen molar-refractivity contribution in [3.8, 4) is 0 Å². The molecule has 0 atom stereocenters. The number of hydrogen-bond acceptors (Lipinski definition) is 2. The van der Waals surface area contributed by atoms with Crippen LogP contribution in [0.5, 0.6) is 0 Å². The molecule has 2 nitrogen and oxygen atoms in total. The zero-order valence-corrected chi connectivity index (χ0v) is 13.1. The molecule has 19 heavy (non-hydrogen) atoms. The van der Waals surface area contributed by atoms with Gasteiger partial charge >= 0.3 is 0 Å². The summed E-state index contributed by atoms with van der Waals surface area (Å²) < 4.78 is 3.38. The predicted octanol–water partition coefficient (Wildman–Crippen LogP) is 4.29. The Bertz CT molecular complexity index is 699. The van der Waals surface area contributed by atoms with Crippen molar-refractivity contribution >= 4 is 38.2 Å². The summed E-state index contributed by atoms with van der Waals surface area (Å²) in [6.07, 6.45) is 2.21. The van der Waals surface area contributed by atoms with Crippen LogP contribution in [-0.4, -0.2) is 4.57 Å². The van der Waals surface area contributed by atoms with Gasteiger partial charge in [-0.15, -0.1) is 11.3 Å². The molecule has 0 saturated carbocycles. The van der Waals surface area contributed by atoms with Gasteiger partial charge in [0.05, 0.1) is 3.79 Å². The van der Waals surface area contributed by atoms with Crippen molar-refractivity contribution in [1.29, 1.82) is 0 Å². The van der Waals surface area contributed by atoms with Gasteiger partial charge in [-0.1, -0.05) is 18.2 Å². The number of aryl methyl sites for hydroxylation is 1. The van der Waals surface area contributed by atoms with Crippen LogP contribution >= 0.6 is 27.3 Å². The second kappa shape index (κ2) is 5.49. The summed E-state index contributed by atoms with van der Waals surface area (Å²) in [5.74, 6) is 0. The molecule has 2 heterocycles. The van der Waals surface area contributed by atoms with E-state index >= 15 is 0 Å². The first-order chi connectivity index (χ1) is 9.24. The average molecular weight is 335 g/mol. The predicted molar refractivity (Wildman–Crippen MR) is 85.5 cm³/mol. The summed E-state index contributed by atoms with van der Waals surface area (Å²) in [6.45, 7) is 1.82. The molecule has 0 fully saturated rings. The number of fused-ring (bicyclic) bond motifs is 1. The van der Waals surface area contributed by atoms with Crippen molar-refractivity contribution in [2.24, 2.45) is 7.05 Å². The number of halogens is 1. The second-order valence-corrected chi connectivity index (χ2v) is 7.14. The van der Waals surface area contributed by atoms with Gasteiger partial charge in [0.25, 0.3) is 0 Å². The van der Waals surface area contributed by atoms with Crippen LogP contribution in [-0.2, 0) is 20.1 Å². The van der Waals surface area contributed by atoms with Crippen LogP contribution in [0.3, 0.4) is 0 Å². The Labute approximate surface area is 125 Å². The maximum Gasteiger partial charge on any atom is 0.0701 e. The van der Waals surface area contributed by atoms with Crippen molar-refractivity contribution in [3.05, 3.63) is 56.8 Å². The minimum absolute atomic E-state index is 0.900. The molecule has 0 aliphatic carbocycles. The van der Waals surface area contributed by atoms with Gasteiger partial charge in [-0.2, -0.15) is 0 Å². The number of thiophene rings is 1. The number of hydrogen-bond donors (Lipinski definition) is 1. The van der Waals surface area contributed by atoms with Crippen molar-refractivity contribution in [3.63, 3.8) is 0 Å². The van der Waals surface area contributed by atoms with Crippen LogP contribution in [0.15, 0.2) is 46.4 Å². The molecule has 4 heteroatoms. The smallest absolute Gasteiger partial charge is 0.0701 e. The van der Waals surface area contributed by atoms with Crippen LogP contribution < -0.4 is 5.32 Å². The number of rotatable bonds is 4. The van der Waals surface area contributed by atoms with Gasteiger partial charge in [0, 0.05) is 42.1 Å². The fraction of sp³-hybridized carbons (Fsp3) is 0.200. The van der Waals surface area contributed by atoms with Gasteiger partial charge in [0.15, 0.2) is 0 Å². The molecule has 1 aromatic carbocycles. The van der Waals surface area contributed by atoms with Crippen molar-refractivity contribution in [2.75, 3.05) is 0 Å². The van der Waals surface area contributed by atoms with E-state index in [1.54, 1.807) is 11.3 Å². The van der Waals surface area contributed by atoms with Gasteiger partial charge in [0.2, 0.25) is 0 Å². The fourth-order valence-corrected chi connectivity index (χ4v) is 3.79. The monoisotopic (exact) mass is 334 g/mol. The summed E-state index contributed by atoms with van der Waals surface area (Å²) in [5.41, 5.74) is 2.65. The SMILES string of the molecule is Cn1cc(CNCc2ccc(Br)s2)c2ccccc21. The molecule has 2 aromatic heterocycles. The summed E-state index contributed by atoms with van der Waals surface area (Å²) >= 11 is 5.27. The van der Waals surface area contributed by atoms with E-state index in [1.165, 1.54) is 25.1 Å². The lowest BCUT2D eigenvalue weighted by Gasteiger charge is -2.01. The number of aromatic nitrogens is 1. The standard InChI is InChI=1S/C15H15BrN2S/c1-18-10-11(13-4-2-3-5-14(13)18)8-17-9-12-6-7-15(16)19-12/h2-7,10,17H,8-9H2,1H3. The first-order valence-electron chi connectivity index (χ1n) is 6.22. The summed E-state index contributed by atoms with van der Waals surface area (Å²) in [7, 11) is 2.10. The molecule has 1 N–H and O–H groups in total. The lowest BCUT2D eigenvalue weighted by molar-refractivity contribution is 0.702. The molecule has 3 rings (SSSR count). The number of para-hydroxylation sites is 1. The highest BCUT2D eigenvalue weighted by Gasteiger charge is 2.05. The number of nitrogens with one attached hydrogen (secondary N) is 1. The van der Waals surface area contributed by atoms with Crippen LogP contribution in [0.25, 0.3) is 10.9 Å². The molecule has 98 valence electrons. The van der Waals surface area contributed by atoms with Gasteiger partial charge in [-0.05, 0) is 39.7 Å². The van der Waals surface area contributed by atoms with E-state index < -0.39 is 0 Å². The lowest BCUT2D eigenvalue weighted by Crippen LogP contribution is -2.11. The first-order valence-corrected chi connectivity index (χ1v) is 7.83. The Morgan fingerprint density at radius 3 is 2.79 bits per heavy atom. The van der Waals surface area contributed by atoms with E-state index in [0.29, 0.717) is 0 Å². The van der Waals surface area contributed by atoms with Crippen molar-refractivity contribution < 1.29 is 0 Å². The average Bonchev–Trinajstić information content (AvgIpc) is 2.96. The van der Waals surface area contributed by atoms with Crippen LogP contribution in [0.4, 0.5) is 0 Å². The Hall–Kier alpha value is -1.10. The third-order valence-corrected chi connectivity index (χ3v) is 4.85. The van der Waals surface area contributed by atoms with Gasteiger partial charge < -0.3 is 9.88 Å². The molecule has 0 amide bonds. The molecule has 0 saturated heterocycles. The summed E-state index contributed by atoms with van der Waals surface area (Å²) in [4.78, 5) is 1.35. The minimum Gasteiger partial charge on any atom is -0.350 e. The molecular weight excluding hydrogens is 320 g/mol. The minimum atomic E-state index is 0.900. The molecule has 0 unspecified atom stereocenters.